The second-order valence-electron chi connectivity index (χ2n) is 4.97. The second-order valence-corrected chi connectivity index (χ2v) is 8.54. The van der Waals surface area contributed by atoms with Crippen LogP contribution in [0.25, 0.3) is 11.5 Å². The van der Waals surface area contributed by atoms with Crippen LogP contribution < -0.4 is 11.2 Å². The van der Waals surface area contributed by atoms with E-state index >= 15 is 0 Å². The molecule has 0 atom stereocenters. The molecule has 7 nitrogen and oxygen atoms in total. The minimum absolute atomic E-state index is 0.131. The van der Waals surface area contributed by atoms with Crippen molar-refractivity contribution < 1.29 is 4.79 Å². The molecular weight excluding hydrogens is 552 g/mol. The zero-order chi connectivity index (χ0) is 18.7. The van der Waals surface area contributed by atoms with Gasteiger partial charge in [0.05, 0.1) is 11.4 Å². The van der Waals surface area contributed by atoms with E-state index in [1.165, 1.54) is 16.4 Å². The highest BCUT2D eigenvalue weighted by atomic mass is 79.9. The number of benzene rings is 1. The number of aromatic nitrogens is 4. The predicted octanol–water partition coefficient (Wildman–Crippen LogP) is 4.07. The van der Waals surface area contributed by atoms with Crippen LogP contribution in [0.3, 0.4) is 0 Å². The smallest absolute Gasteiger partial charge is 0.234 e. The van der Waals surface area contributed by atoms with Crippen LogP contribution in [0.1, 0.15) is 0 Å². The minimum Gasteiger partial charge on any atom is -0.335 e. The molecule has 0 spiro atoms. The Hall–Kier alpha value is -1.43. The minimum atomic E-state index is -0.193. The third-order valence-electron chi connectivity index (χ3n) is 3.16. The van der Waals surface area contributed by atoms with E-state index in [2.05, 4.69) is 68.3 Å². The molecule has 0 aliphatic heterocycles. The Morgan fingerprint density at radius 2 is 1.92 bits per heavy atom. The van der Waals surface area contributed by atoms with Crippen molar-refractivity contribution in [2.45, 2.75) is 5.16 Å². The van der Waals surface area contributed by atoms with Crippen molar-refractivity contribution in [2.75, 3.05) is 16.9 Å². The zero-order valence-electron chi connectivity index (χ0n) is 13.0. The van der Waals surface area contributed by atoms with Gasteiger partial charge in [0.25, 0.3) is 0 Å². The molecule has 0 saturated heterocycles. The molecular formula is C15H11Br3N6OS. The Kier molecular flexibility index (Phi) is 6.33. The van der Waals surface area contributed by atoms with Crippen LogP contribution in [-0.2, 0) is 4.79 Å². The molecule has 0 radical (unpaired) electrons. The van der Waals surface area contributed by atoms with Gasteiger partial charge in [-0.1, -0.05) is 33.8 Å². The summed E-state index contributed by atoms with van der Waals surface area (Å²) in [5.74, 6) is 6.39. The Balaban J connectivity index is 1.67. The van der Waals surface area contributed by atoms with Crippen LogP contribution in [0.15, 0.2) is 55.1 Å². The maximum absolute atomic E-state index is 12.3. The number of thioether (sulfide) groups is 1. The molecule has 0 bridgehead atoms. The third-order valence-corrected chi connectivity index (χ3v) is 5.81. The Morgan fingerprint density at radius 3 is 2.58 bits per heavy atom. The molecule has 3 aromatic rings. The van der Waals surface area contributed by atoms with Crippen molar-refractivity contribution >= 4 is 71.1 Å². The molecule has 0 aliphatic carbocycles. The molecule has 1 amide bonds. The molecule has 1 aromatic carbocycles. The van der Waals surface area contributed by atoms with Crippen molar-refractivity contribution in [3.8, 4) is 11.5 Å². The Labute approximate surface area is 178 Å². The average Bonchev–Trinajstić information content (AvgIpc) is 2.98. The number of pyridine rings is 1. The topological polar surface area (TPSA) is 98.7 Å². The fourth-order valence-corrected chi connectivity index (χ4v) is 5.13. The van der Waals surface area contributed by atoms with Gasteiger partial charge < -0.3 is 11.2 Å². The second kappa shape index (κ2) is 8.51. The van der Waals surface area contributed by atoms with E-state index in [-0.39, 0.29) is 11.7 Å². The number of hydrogen-bond donors (Lipinski definition) is 2. The number of amides is 1. The van der Waals surface area contributed by atoms with Crippen LogP contribution in [0.2, 0.25) is 0 Å². The van der Waals surface area contributed by atoms with Gasteiger partial charge >= 0.3 is 0 Å². The molecule has 11 heteroatoms. The number of hydrogen-bond acceptors (Lipinski definition) is 6. The lowest BCUT2D eigenvalue weighted by atomic mass is 10.3. The van der Waals surface area contributed by atoms with Crippen molar-refractivity contribution in [3.05, 3.63) is 49.9 Å². The van der Waals surface area contributed by atoms with Gasteiger partial charge in [-0.05, 0) is 56.1 Å². The van der Waals surface area contributed by atoms with Crippen LogP contribution in [0, 0.1) is 0 Å². The number of anilines is 1. The fraction of sp³-hybridized carbons (Fsp3) is 0.0667. The standard InChI is InChI=1S/C15H11Br3N6OS/c16-8-5-9(17)13(10(18)6-8)21-12(25)7-26-15-23-22-14(24(15)19)11-3-1-2-4-20-11/h1-6H,7,19H2,(H,21,25). The molecule has 0 saturated carbocycles. The van der Waals surface area contributed by atoms with Gasteiger partial charge in [-0.2, -0.15) is 0 Å². The lowest BCUT2D eigenvalue weighted by Gasteiger charge is -2.10. The van der Waals surface area contributed by atoms with Gasteiger partial charge in [0.15, 0.2) is 0 Å². The van der Waals surface area contributed by atoms with E-state index in [0.29, 0.717) is 22.4 Å². The molecule has 2 heterocycles. The van der Waals surface area contributed by atoms with Crippen molar-refractivity contribution in [1.82, 2.24) is 19.9 Å². The number of carbonyl (C=O) groups excluding carboxylic acids is 1. The highest BCUT2D eigenvalue weighted by molar-refractivity contribution is 9.11. The van der Waals surface area contributed by atoms with Crippen LogP contribution in [-0.4, -0.2) is 31.5 Å². The van der Waals surface area contributed by atoms with E-state index < -0.39 is 0 Å². The Bertz CT molecular complexity index is 927. The number of rotatable bonds is 5. The molecule has 0 unspecified atom stereocenters. The summed E-state index contributed by atoms with van der Waals surface area (Å²) in [4.78, 5) is 16.5. The molecule has 3 rings (SSSR count). The first kappa shape index (κ1) is 19.3. The highest BCUT2D eigenvalue weighted by Crippen LogP contribution is 2.34. The first-order chi connectivity index (χ1) is 12.5. The summed E-state index contributed by atoms with van der Waals surface area (Å²) in [5, 5.41) is 11.3. The van der Waals surface area contributed by atoms with Gasteiger partial charge in [-0.25, -0.2) is 4.68 Å². The van der Waals surface area contributed by atoms with Crippen LogP contribution >= 0.6 is 59.6 Å². The summed E-state index contributed by atoms with van der Waals surface area (Å²) in [5.41, 5.74) is 1.27. The zero-order valence-corrected chi connectivity index (χ0v) is 18.6. The summed E-state index contributed by atoms with van der Waals surface area (Å²) >= 11 is 11.4. The summed E-state index contributed by atoms with van der Waals surface area (Å²) in [6, 6.07) is 9.13. The van der Waals surface area contributed by atoms with E-state index in [1.54, 1.807) is 18.3 Å². The van der Waals surface area contributed by atoms with E-state index in [9.17, 15) is 4.79 Å². The van der Waals surface area contributed by atoms with Gasteiger partial charge in [-0.3, -0.25) is 9.78 Å². The number of nitrogens with zero attached hydrogens (tertiary/aromatic N) is 4. The van der Waals surface area contributed by atoms with Crippen molar-refractivity contribution in [1.29, 1.82) is 0 Å². The van der Waals surface area contributed by atoms with Gasteiger partial charge in [0.2, 0.25) is 16.9 Å². The largest absolute Gasteiger partial charge is 0.335 e. The monoisotopic (exact) mass is 560 g/mol. The molecule has 3 N–H and O–H groups in total. The first-order valence-electron chi connectivity index (χ1n) is 7.15. The van der Waals surface area contributed by atoms with Gasteiger partial charge in [0.1, 0.15) is 5.69 Å². The molecule has 0 aliphatic rings. The Morgan fingerprint density at radius 1 is 1.19 bits per heavy atom. The maximum Gasteiger partial charge on any atom is 0.234 e. The van der Waals surface area contributed by atoms with Crippen molar-refractivity contribution in [2.24, 2.45) is 0 Å². The number of nitrogens with two attached hydrogens (primary N) is 1. The average molecular weight is 563 g/mol. The lowest BCUT2D eigenvalue weighted by molar-refractivity contribution is -0.113. The molecule has 26 heavy (non-hydrogen) atoms. The number of halogens is 3. The molecule has 2 aromatic heterocycles. The van der Waals surface area contributed by atoms with E-state index in [1.807, 2.05) is 18.2 Å². The quantitative estimate of drug-likeness (QED) is 0.359. The molecule has 134 valence electrons. The van der Waals surface area contributed by atoms with Gasteiger partial charge in [-0.15, -0.1) is 10.2 Å². The van der Waals surface area contributed by atoms with E-state index in [0.717, 1.165) is 13.4 Å². The third kappa shape index (κ3) is 4.45. The molecule has 0 fully saturated rings. The highest BCUT2D eigenvalue weighted by Gasteiger charge is 2.16. The van der Waals surface area contributed by atoms with E-state index in [4.69, 9.17) is 5.84 Å². The lowest BCUT2D eigenvalue weighted by Crippen LogP contribution is -2.17. The fourth-order valence-electron chi connectivity index (χ4n) is 2.01. The SMILES string of the molecule is Nn1c(SCC(=O)Nc2c(Br)cc(Br)cc2Br)nnc1-c1ccccn1. The van der Waals surface area contributed by atoms with Crippen molar-refractivity contribution in [3.63, 3.8) is 0 Å². The number of nitrogens with one attached hydrogen (secondary N) is 1. The predicted molar refractivity (Wildman–Crippen MR) is 112 cm³/mol. The summed E-state index contributed by atoms with van der Waals surface area (Å²) in [6.07, 6.45) is 1.65. The van der Waals surface area contributed by atoms with Gasteiger partial charge in [0, 0.05) is 19.6 Å². The van der Waals surface area contributed by atoms with Crippen LogP contribution in [0.4, 0.5) is 5.69 Å². The summed E-state index contributed by atoms with van der Waals surface area (Å²) < 4.78 is 3.74. The summed E-state index contributed by atoms with van der Waals surface area (Å²) in [7, 11) is 0. The first-order valence-corrected chi connectivity index (χ1v) is 10.5. The van der Waals surface area contributed by atoms with Crippen LogP contribution in [0.5, 0.6) is 0 Å². The normalized spacial score (nSPS) is 10.7. The number of carbonyl (C=O) groups is 1. The summed E-state index contributed by atoms with van der Waals surface area (Å²) in [6.45, 7) is 0. The maximum atomic E-state index is 12.3. The number of nitrogen functional groups attached to an aromatic ring is 1.